The van der Waals surface area contributed by atoms with Crippen LogP contribution in [0.15, 0.2) is 42.5 Å². The maximum absolute atomic E-state index is 13.6. The van der Waals surface area contributed by atoms with Crippen LogP contribution < -0.4 is 5.43 Å². The fourth-order valence-electron chi connectivity index (χ4n) is 2.90. The molecule has 0 spiro atoms. The lowest BCUT2D eigenvalue weighted by atomic mass is 9.93. The van der Waals surface area contributed by atoms with E-state index in [1.54, 1.807) is 32.0 Å². The van der Waals surface area contributed by atoms with Gasteiger partial charge in [0.15, 0.2) is 0 Å². The lowest BCUT2D eigenvalue weighted by Crippen LogP contribution is -2.43. The number of halogens is 3. The first kappa shape index (κ1) is 15.8. The van der Waals surface area contributed by atoms with Gasteiger partial charge in [-0.05, 0) is 36.2 Å². The van der Waals surface area contributed by atoms with Crippen LogP contribution in [0.1, 0.15) is 25.5 Å². The molecule has 3 nitrogen and oxygen atoms in total. The molecule has 1 heterocycles. The van der Waals surface area contributed by atoms with E-state index in [1.807, 2.05) is 12.1 Å². The number of carbonyl (C=O) groups is 1. The van der Waals surface area contributed by atoms with Crippen molar-refractivity contribution < 1.29 is 18.0 Å². The van der Waals surface area contributed by atoms with Crippen LogP contribution in [0.3, 0.4) is 0 Å². The van der Waals surface area contributed by atoms with E-state index in [9.17, 15) is 18.0 Å². The highest BCUT2D eigenvalue weighted by atomic mass is 19.4. The number of benzene rings is 2. The molecule has 6 heteroatoms. The van der Waals surface area contributed by atoms with Gasteiger partial charge in [-0.15, -0.1) is 0 Å². The third kappa shape index (κ3) is 2.91. The molecule has 1 aliphatic rings. The van der Waals surface area contributed by atoms with E-state index in [0.29, 0.717) is 0 Å². The predicted octanol–water partition coefficient (Wildman–Crippen LogP) is 3.82. The number of rotatable bonds is 2. The Kier molecular flexibility index (Phi) is 3.59. The number of nitrogens with one attached hydrogen (secondary N) is 1. The van der Waals surface area contributed by atoms with Crippen molar-refractivity contribution in [1.82, 2.24) is 10.4 Å². The third-order valence-electron chi connectivity index (χ3n) is 4.14. The van der Waals surface area contributed by atoms with Crippen molar-refractivity contribution in [2.45, 2.75) is 26.1 Å². The zero-order valence-corrected chi connectivity index (χ0v) is 12.8. The zero-order valence-electron chi connectivity index (χ0n) is 12.8. The second kappa shape index (κ2) is 5.23. The topological polar surface area (TPSA) is 32.3 Å². The molecule has 0 aliphatic carbocycles. The molecule has 2 aromatic carbocycles. The molecule has 2 aromatic rings. The van der Waals surface area contributed by atoms with E-state index in [1.165, 1.54) is 12.1 Å². The van der Waals surface area contributed by atoms with Gasteiger partial charge in [0.05, 0.1) is 5.41 Å². The van der Waals surface area contributed by atoms with Crippen LogP contribution in [0.2, 0.25) is 0 Å². The molecule has 1 N–H and O–H groups in total. The molecule has 1 saturated heterocycles. The van der Waals surface area contributed by atoms with E-state index in [4.69, 9.17) is 0 Å². The quantitative estimate of drug-likeness (QED) is 0.912. The second-order valence-corrected chi connectivity index (χ2v) is 6.50. The minimum absolute atomic E-state index is 0.00281. The van der Waals surface area contributed by atoms with Crippen molar-refractivity contribution in [2.24, 2.45) is 5.41 Å². The number of alkyl halides is 3. The van der Waals surface area contributed by atoms with Gasteiger partial charge in [-0.1, -0.05) is 36.4 Å². The van der Waals surface area contributed by atoms with Crippen molar-refractivity contribution in [2.75, 3.05) is 6.54 Å². The van der Waals surface area contributed by atoms with Gasteiger partial charge < -0.3 is 0 Å². The Bertz CT molecular complexity index is 755. The molecule has 0 bridgehead atoms. The number of nitrogens with zero attached hydrogens (tertiary/aromatic N) is 1. The molecule has 1 amide bonds. The molecule has 122 valence electrons. The summed E-state index contributed by atoms with van der Waals surface area (Å²) in [6, 6.07) is 10.1. The summed E-state index contributed by atoms with van der Waals surface area (Å²) in [4.78, 5) is 11.9. The molecule has 23 heavy (non-hydrogen) atoms. The number of hydrogen-bond acceptors (Lipinski definition) is 2. The largest absolute Gasteiger partial charge is 0.409 e. The fourth-order valence-corrected chi connectivity index (χ4v) is 2.90. The molecule has 1 atom stereocenters. The van der Waals surface area contributed by atoms with E-state index in [0.717, 1.165) is 15.8 Å². The highest BCUT2D eigenvalue weighted by molar-refractivity contribution is 5.84. The maximum Gasteiger partial charge on any atom is 0.409 e. The van der Waals surface area contributed by atoms with Crippen molar-refractivity contribution in [3.63, 3.8) is 0 Å². The first-order valence-corrected chi connectivity index (χ1v) is 7.32. The van der Waals surface area contributed by atoms with Gasteiger partial charge in [-0.3, -0.25) is 10.2 Å². The Labute approximate surface area is 132 Å². The molecule has 0 radical (unpaired) electrons. The summed E-state index contributed by atoms with van der Waals surface area (Å²) in [5.74, 6) is -0.396. The summed E-state index contributed by atoms with van der Waals surface area (Å²) < 4.78 is 40.9. The average Bonchev–Trinajstić information content (AvgIpc) is 2.70. The van der Waals surface area contributed by atoms with Crippen LogP contribution in [0.5, 0.6) is 0 Å². The summed E-state index contributed by atoms with van der Waals surface area (Å²) in [5, 5.41) is 2.61. The van der Waals surface area contributed by atoms with Crippen LogP contribution in [-0.4, -0.2) is 23.6 Å². The van der Waals surface area contributed by atoms with Gasteiger partial charge in [0.1, 0.15) is 6.04 Å². The Balaban J connectivity index is 2.04. The fraction of sp³-hybridized carbons (Fsp3) is 0.353. The Morgan fingerprint density at radius 2 is 1.78 bits per heavy atom. The normalized spacial score (nSPS) is 19.8. The molecule has 0 aromatic heterocycles. The zero-order chi connectivity index (χ0) is 16.8. The van der Waals surface area contributed by atoms with Crippen molar-refractivity contribution in [1.29, 1.82) is 0 Å². The van der Waals surface area contributed by atoms with Gasteiger partial charge in [0, 0.05) is 6.54 Å². The minimum Gasteiger partial charge on any atom is -0.287 e. The van der Waals surface area contributed by atoms with Crippen molar-refractivity contribution in [3.8, 4) is 0 Å². The van der Waals surface area contributed by atoms with E-state index < -0.39 is 23.5 Å². The lowest BCUT2D eigenvalue weighted by molar-refractivity contribution is -0.191. The average molecular weight is 322 g/mol. The summed E-state index contributed by atoms with van der Waals surface area (Å²) in [6.07, 6.45) is -4.49. The van der Waals surface area contributed by atoms with Crippen LogP contribution in [-0.2, 0) is 4.79 Å². The molecule has 1 aliphatic heterocycles. The van der Waals surface area contributed by atoms with Crippen molar-refractivity contribution in [3.05, 3.63) is 48.0 Å². The van der Waals surface area contributed by atoms with E-state index >= 15 is 0 Å². The van der Waals surface area contributed by atoms with Crippen LogP contribution in [0, 0.1) is 5.41 Å². The SMILES string of the molecule is CC1(C)CN(C(c2ccc3ccccc3c2)C(F)(F)F)NC1=O. The van der Waals surface area contributed by atoms with E-state index in [2.05, 4.69) is 5.43 Å². The van der Waals surface area contributed by atoms with E-state index in [-0.39, 0.29) is 12.1 Å². The highest BCUT2D eigenvalue weighted by Gasteiger charge is 2.51. The Morgan fingerprint density at radius 3 is 2.35 bits per heavy atom. The van der Waals surface area contributed by atoms with Gasteiger partial charge in [-0.25, -0.2) is 5.01 Å². The number of fused-ring (bicyclic) bond motifs is 1. The van der Waals surface area contributed by atoms with Crippen molar-refractivity contribution >= 4 is 16.7 Å². The van der Waals surface area contributed by atoms with Gasteiger partial charge >= 0.3 is 6.18 Å². The number of carbonyl (C=O) groups excluding carboxylic acids is 1. The van der Waals surface area contributed by atoms with Crippen LogP contribution in [0.4, 0.5) is 13.2 Å². The molecule has 0 saturated carbocycles. The first-order valence-electron chi connectivity index (χ1n) is 7.32. The lowest BCUT2D eigenvalue weighted by Gasteiger charge is -2.30. The number of hydrogen-bond donors (Lipinski definition) is 1. The molecule has 3 rings (SSSR count). The monoisotopic (exact) mass is 322 g/mol. The molecule has 1 fully saturated rings. The van der Waals surface area contributed by atoms with Gasteiger partial charge in [-0.2, -0.15) is 13.2 Å². The smallest absolute Gasteiger partial charge is 0.287 e. The standard InChI is InChI=1S/C17H17F3N2O/c1-16(2)10-22(21-15(16)23)14(17(18,19)20)13-8-7-11-5-3-4-6-12(11)9-13/h3-9,14H,10H2,1-2H3,(H,21,23). The first-order chi connectivity index (χ1) is 10.7. The summed E-state index contributed by atoms with van der Waals surface area (Å²) >= 11 is 0. The molecular weight excluding hydrogens is 305 g/mol. The van der Waals surface area contributed by atoms with Crippen LogP contribution >= 0.6 is 0 Å². The summed E-state index contributed by atoms with van der Waals surface area (Å²) in [6.45, 7) is 3.27. The Morgan fingerprint density at radius 1 is 1.13 bits per heavy atom. The predicted molar refractivity (Wildman–Crippen MR) is 81.4 cm³/mol. The highest BCUT2D eigenvalue weighted by Crippen LogP contribution is 2.41. The van der Waals surface area contributed by atoms with Crippen LogP contribution in [0.25, 0.3) is 10.8 Å². The summed E-state index contributed by atoms with van der Waals surface area (Å²) in [7, 11) is 0. The minimum atomic E-state index is -4.49. The third-order valence-corrected chi connectivity index (χ3v) is 4.14. The summed E-state index contributed by atoms with van der Waals surface area (Å²) in [5.41, 5.74) is 1.64. The number of amides is 1. The van der Waals surface area contributed by atoms with Gasteiger partial charge in [0.25, 0.3) is 0 Å². The second-order valence-electron chi connectivity index (χ2n) is 6.50. The number of hydrazine groups is 1. The molecular formula is C17H17F3N2O. The molecule has 1 unspecified atom stereocenters. The Hall–Kier alpha value is -2.08. The van der Waals surface area contributed by atoms with Gasteiger partial charge in [0.2, 0.25) is 5.91 Å². The maximum atomic E-state index is 13.6.